The van der Waals surface area contributed by atoms with Crippen LogP contribution in [0.2, 0.25) is 0 Å². The highest BCUT2D eigenvalue weighted by atomic mass is 32.1. The highest BCUT2D eigenvalue weighted by Crippen LogP contribution is 2.23. The molecule has 0 N–H and O–H groups in total. The summed E-state index contributed by atoms with van der Waals surface area (Å²) in [5.41, 5.74) is 3.03. The van der Waals surface area contributed by atoms with Gasteiger partial charge >= 0.3 is 0 Å². The zero-order chi connectivity index (χ0) is 20.5. The Kier molecular flexibility index (Phi) is 4.98. The first-order chi connectivity index (χ1) is 14.0. The van der Waals surface area contributed by atoms with E-state index >= 15 is 0 Å². The standard InChI is InChI=1S/C22H19N3O3S/c1-3-13-24-20-14(2)5-4-6-17(20)29-22(24)23-21(28)15-7-9-16(10-8-15)25-18(26)11-12-19(25)27/h3-10H,1,11-13H2,2H3. The molecule has 7 heteroatoms. The minimum atomic E-state index is -0.377. The molecular formula is C22H19N3O3S. The number of aryl methyl sites for hydroxylation is 1. The van der Waals surface area contributed by atoms with Crippen LogP contribution in [0.4, 0.5) is 5.69 Å². The summed E-state index contributed by atoms with van der Waals surface area (Å²) in [6.45, 7) is 6.39. The number of benzene rings is 2. The Labute approximate surface area is 171 Å². The van der Waals surface area contributed by atoms with Crippen LogP contribution >= 0.6 is 11.3 Å². The van der Waals surface area contributed by atoms with E-state index < -0.39 is 0 Å². The smallest absolute Gasteiger partial charge is 0.279 e. The van der Waals surface area contributed by atoms with Gasteiger partial charge in [0.25, 0.3) is 5.91 Å². The van der Waals surface area contributed by atoms with Gasteiger partial charge in [0.1, 0.15) is 0 Å². The van der Waals surface area contributed by atoms with Crippen molar-refractivity contribution in [3.63, 3.8) is 0 Å². The zero-order valence-electron chi connectivity index (χ0n) is 15.9. The number of rotatable bonds is 4. The van der Waals surface area contributed by atoms with Crippen LogP contribution in [0.1, 0.15) is 28.8 Å². The SMILES string of the molecule is C=CCn1c(=NC(=O)c2ccc(N3C(=O)CCC3=O)cc2)sc2cccc(C)c21. The second kappa shape index (κ2) is 7.60. The van der Waals surface area contributed by atoms with Crippen molar-refractivity contribution in [3.8, 4) is 0 Å². The number of carbonyl (C=O) groups excluding carboxylic acids is 3. The van der Waals surface area contributed by atoms with Gasteiger partial charge in [-0.1, -0.05) is 29.5 Å². The highest BCUT2D eigenvalue weighted by Gasteiger charge is 2.30. The van der Waals surface area contributed by atoms with E-state index in [-0.39, 0.29) is 30.6 Å². The molecule has 0 atom stereocenters. The molecule has 29 heavy (non-hydrogen) atoms. The molecule has 6 nitrogen and oxygen atoms in total. The lowest BCUT2D eigenvalue weighted by Crippen LogP contribution is -2.28. The fourth-order valence-electron chi connectivity index (χ4n) is 3.46. The summed E-state index contributed by atoms with van der Waals surface area (Å²) >= 11 is 1.46. The van der Waals surface area contributed by atoms with Crippen LogP contribution in [-0.4, -0.2) is 22.3 Å². The molecule has 3 aromatic rings. The molecule has 0 bridgehead atoms. The Morgan fingerprint density at radius 2 is 1.83 bits per heavy atom. The molecule has 0 unspecified atom stereocenters. The summed E-state index contributed by atoms with van der Waals surface area (Å²) in [6, 6.07) is 12.4. The second-order valence-electron chi connectivity index (χ2n) is 6.79. The minimum Gasteiger partial charge on any atom is -0.312 e. The summed E-state index contributed by atoms with van der Waals surface area (Å²) in [6.07, 6.45) is 2.23. The number of allylic oxidation sites excluding steroid dienone is 1. The molecular weight excluding hydrogens is 386 g/mol. The monoisotopic (exact) mass is 405 g/mol. The van der Waals surface area contributed by atoms with E-state index in [0.29, 0.717) is 22.6 Å². The zero-order valence-corrected chi connectivity index (χ0v) is 16.7. The summed E-state index contributed by atoms with van der Waals surface area (Å²) < 4.78 is 3.04. The van der Waals surface area contributed by atoms with Gasteiger partial charge in [-0.25, -0.2) is 0 Å². The number of fused-ring (bicyclic) bond motifs is 1. The van der Waals surface area contributed by atoms with Crippen molar-refractivity contribution >= 4 is 45.0 Å². The molecule has 146 valence electrons. The average Bonchev–Trinajstić information content (AvgIpc) is 3.22. The van der Waals surface area contributed by atoms with Crippen molar-refractivity contribution in [1.82, 2.24) is 4.57 Å². The molecule has 1 saturated heterocycles. The third kappa shape index (κ3) is 3.45. The van der Waals surface area contributed by atoms with Crippen molar-refractivity contribution in [2.24, 2.45) is 4.99 Å². The van der Waals surface area contributed by atoms with E-state index in [1.807, 2.05) is 29.7 Å². The van der Waals surface area contributed by atoms with Gasteiger partial charge < -0.3 is 4.57 Å². The molecule has 1 aliphatic heterocycles. The quantitative estimate of drug-likeness (QED) is 0.492. The molecule has 1 aromatic heterocycles. The number of imide groups is 1. The minimum absolute atomic E-state index is 0.218. The van der Waals surface area contributed by atoms with Gasteiger partial charge in [-0.3, -0.25) is 19.3 Å². The van der Waals surface area contributed by atoms with Crippen molar-refractivity contribution < 1.29 is 14.4 Å². The van der Waals surface area contributed by atoms with Gasteiger partial charge in [-0.05, 0) is 42.8 Å². The van der Waals surface area contributed by atoms with E-state index in [1.165, 1.54) is 11.3 Å². The lowest BCUT2D eigenvalue weighted by molar-refractivity contribution is -0.121. The Morgan fingerprint density at radius 1 is 1.14 bits per heavy atom. The summed E-state index contributed by atoms with van der Waals surface area (Å²) in [4.78, 5) is 42.6. The van der Waals surface area contributed by atoms with E-state index in [1.54, 1.807) is 30.3 Å². The highest BCUT2D eigenvalue weighted by molar-refractivity contribution is 7.16. The van der Waals surface area contributed by atoms with Crippen LogP contribution in [0.5, 0.6) is 0 Å². The number of carbonyl (C=O) groups is 3. The van der Waals surface area contributed by atoms with Crippen molar-refractivity contribution in [2.75, 3.05) is 4.90 Å². The van der Waals surface area contributed by atoms with Gasteiger partial charge in [-0.2, -0.15) is 4.99 Å². The molecule has 4 rings (SSSR count). The van der Waals surface area contributed by atoms with Gasteiger partial charge in [-0.15, -0.1) is 6.58 Å². The lowest BCUT2D eigenvalue weighted by atomic mass is 10.2. The van der Waals surface area contributed by atoms with Gasteiger partial charge in [0, 0.05) is 24.9 Å². The number of hydrogen-bond donors (Lipinski definition) is 0. The Hall–Kier alpha value is -3.32. The number of para-hydroxylation sites is 1. The maximum Gasteiger partial charge on any atom is 0.279 e. The first-order valence-corrected chi connectivity index (χ1v) is 10.1. The Morgan fingerprint density at radius 3 is 2.48 bits per heavy atom. The average molecular weight is 405 g/mol. The van der Waals surface area contributed by atoms with E-state index in [4.69, 9.17) is 0 Å². The lowest BCUT2D eigenvalue weighted by Gasteiger charge is -2.13. The maximum absolute atomic E-state index is 12.7. The Bertz CT molecular complexity index is 1200. The third-order valence-electron chi connectivity index (χ3n) is 4.84. The third-order valence-corrected chi connectivity index (χ3v) is 5.88. The number of aromatic nitrogens is 1. The first kappa shape index (κ1) is 19.0. The van der Waals surface area contributed by atoms with E-state index in [9.17, 15) is 14.4 Å². The van der Waals surface area contributed by atoms with Crippen LogP contribution in [0.3, 0.4) is 0 Å². The van der Waals surface area contributed by atoms with Gasteiger partial charge in [0.15, 0.2) is 4.80 Å². The largest absolute Gasteiger partial charge is 0.312 e. The molecule has 1 aliphatic rings. The molecule has 0 aliphatic carbocycles. The fraction of sp³-hybridized carbons (Fsp3) is 0.182. The predicted octanol–water partition coefficient (Wildman–Crippen LogP) is 3.59. The number of amides is 3. The summed E-state index contributed by atoms with van der Waals surface area (Å²) in [5.74, 6) is -0.813. The van der Waals surface area contributed by atoms with Crippen LogP contribution in [0, 0.1) is 6.92 Å². The molecule has 1 fully saturated rings. The first-order valence-electron chi connectivity index (χ1n) is 9.24. The van der Waals surface area contributed by atoms with E-state index in [0.717, 1.165) is 20.7 Å². The number of nitrogens with zero attached hydrogens (tertiary/aromatic N) is 3. The topological polar surface area (TPSA) is 71.7 Å². The second-order valence-corrected chi connectivity index (χ2v) is 7.80. The number of anilines is 1. The van der Waals surface area contributed by atoms with Crippen LogP contribution < -0.4 is 9.70 Å². The van der Waals surface area contributed by atoms with Crippen LogP contribution in [0.15, 0.2) is 60.1 Å². The molecule has 0 saturated carbocycles. The Balaban J connectivity index is 1.70. The summed E-state index contributed by atoms with van der Waals surface area (Å²) in [5, 5.41) is 0. The molecule has 0 spiro atoms. The summed E-state index contributed by atoms with van der Waals surface area (Å²) in [7, 11) is 0. The van der Waals surface area contributed by atoms with Crippen molar-refractivity contribution in [3.05, 3.63) is 71.0 Å². The van der Waals surface area contributed by atoms with Crippen molar-refractivity contribution in [1.29, 1.82) is 0 Å². The number of thiazole rings is 1. The van der Waals surface area contributed by atoms with E-state index in [2.05, 4.69) is 11.6 Å². The van der Waals surface area contributed by atoms with Gasteiger partial charge in [0.05, 0.1) is 15.9 Å². The van der Waals surface area contributed by atoms with Crippen LogP contribution in [0.25, 0.3) is 10.2 Å². The normalized spacial score (nSPS) is 14.8. The maximum atomic E-state index is 12.7. The molecule has 2 heterocycles. The van der Waals surface area contributed by atoms with Crippen molar-refractivity contribution in [2.45, 2.75) is 26.3 Å². The van der Waals surface area contributed by atoms with Gasteiger partial charge in [0.2, 0.25) is 11.8 Å². The number of hydrogen-bond acceptors (Lipinski definition) is 4. The molecule has 0 radical (unpaired) electrons. The fourth-order valence-corrected chi connectivity index (χ4v) is 4.58. The predicted molar refractivity (Wildman–Crippen MR) is 113 cm³/mol. The molecule has 3 amide bonds. The van der Waals surface area contributed by atoms with Crippen LogP contribution in [-0.2, 0) is 16.1 Å². The molecule has 2 aromatic carbocycles.